The number of carbonyl (C=O) groups excluding carboxylic acids is 1. The van der Waals surface area contributed by atoms with Gasteiger partial charge in [-0.2, -0.15) is 0 Å². The molecule has 0 aromatic heterocycles. The second-order valence-electron chi connectivity index (χ2n) is 5.07. The molecule has 0 fully saturated rings. The highest BCUT2D eigenvalue weighted by molar-refractivity contribution is 9.10. The molecule has 102 valence electrons. The first-order valence-corrected chi connectivity index (χ1v) is 7.20. The lowest BCUT2D eigenvalue weighted by Crippen LogP contribution is -2.03. The molecule has 2 aromatic rings. The molecule has 1 amide bonds. The van der Waals surface area contributed by atoms with Gasteiger partial charge in [0.15, 0.2) is 0 Å². The molecule has 2 N–H and O–H groups in total. The zero-order valence-corrected chi connectivity index (χ0v) is 12.6. The molecule has 1 aliphatic heterocycles. The van der Waals surface area contributed by atoms with Gasteiger partial charge in [-0.05, 0) is 41.3 Å². The second-order valence-corrected chi connectivity index (χ2v) is 5.92. The van der Waals surface area contributed by atoms with Gasteiger partial charge < -0.3 is 10.4 Å². The molecule has 2 aromatic carbocycles. The molecule has 1 atom stereocenters. The number of aliphatic hydroxyl groups is 1. The summed E-state index contributed by atoms with van der Waals surface area (Å²) in [6.07, 6.45) is -0.323. The Morgan fingerprint density at radius 1 is 1.25 bits per heavy atom. The first-order valence-electron chi connectivity index (χ1n) is 6.41. The number of carbonyl (C=O) groups is 1. The molecule has 3 rings (SSSR count). The number of hydrogen-bond donors (Lipinski definition) is 2. The van der Waals surface area contributed by atoms with Crippen molar-refractivity contribution in [2.45, 2.75) is 19.4 Å². The van der Waals surface area contributed by atoms with Gasteiger partial charge in [-0.15, -0.1) is 0 Å². The van der Waals surface area contributed by atoms with Gasteiger partial charge in [0.25, 0.3) is 0 Å². The minimum Gasteiger partial charge on any atom is -0.384 e. The molecule has 0 radical (unpaired) electrons. The van der Waals surface area contributed by atoms with E-state index in [0.717, 1.165) is 32.4 Å². The van der Waals surface area contributed by atoms with Crippen LogP contribution in [0.2, 0.25) is 0 Å². The first-order chi connectivity index (χ1) is 9.54. The van der Waals surface area contributed by atoms with Crippen molar-refractivity contribution < 1.29 is 9.90 Å². The second kappa shape index (κ2) is 5.04. The van der Waals surface area contributed by atoms with Gasteiger partial charge in [-0.25, -0.2) is 0 Å². The van der Waals surface area contributed by atoms with Gasteiger partial charge in [-0.3, -0.25) is 4.79 Å². The lowest BCUT2D eigenvalue weighted by Gasteiger charge is -2.15. The van der Waals surface area contributed by atoms with E-state index in [1.54, 1.807) is 0 Å². The molecule has 0 saturated carbocycles. The van der Waals surface area contributed by atoms with Crippen molar-refractivity contribution >= 4 is 27.5 Å². The van der Waals surface area contributed by atoms with Gasteiger partial charge in [0, 0.05) is 10.2 Å². The predicted octanol–water partition coefficient (Wildman–Crippen LogP) is 3.33. The average molecular weight is 332 g/mol. The third-order valence-electron chi connectivity index (χ3n) is 3.52. The third kappa shape index (κ3) is 2.37. The molecule has 0 aliphatic carbocycles. The Balaban J connectivity index is 1.97. The van der Waals surface area contributed by atoms with Crippen LogP contribution in [0.25, 0.3) is 0 Å². The SMILES string of the molecule is Cc1ccc(C(O)c2ccc3c(c2)CC(=O)N3)c(Br)c1. The fourth-order valence-corrected chi connectivity index (χ4v) is 3.16. The number of nitrogens with one attached hydrogen (secondary N) is 1. The molecule has 3 nitrogen and oxygen atoms in total. The zero-order valence-electron chi connectivity index (χ0n) is 11.0. The topological polar surface area (TPSA) is 49.3 Å². The number of anilines is 1. The van der Waals surface area contributed by atoms with E-state index in [1.165, 1.54) is 0 Å². The number of amides is 1. The molecule has 1 aliphatic rings. The number of halogens is 1. The number of fused-ring (bicyclic) bond motifs is 1. The van der Waals surface area contributed by atoms with Gasteiger partial charge in [0.2, 0.25) is 5.91 Å². The molecule has 0 spiro atoms. The summed E-state index contributed by atoms with van der Waals surface area (Å²) in [7, 11) is 0. The van der Waals surface area contributed by atoms with Crippen LogP contribution in [0.4, 0.5) is 5.69 Å². The molecule has 1 heterocycles. The Morgan fingerprint density at radius 2 is 2.05 bits per heavy atom. The summed E-state index contributed by atoms with van der Waals surface area (Å²) in [6.45, 7) is 2.01. The number of hydrogen-bond acceptors (Lipinski definition) is 2. The van der Waals surface area contributed by atoms with E-state index in [9.17, 15) is 9.90 Å². The van der Waals surface area contributed by atoms with Crippen LogP contribution < -0.4 is 5.32 Å². The van der Waals surface area contributed by atoms with E-state index in [4.69, 9.17) is 0 Å². The molecular weight excluding hydrogens is 318 g/mol. The van der Waals surface area contributed by atoms with Crippen molar-refractivity contribution in [3.8, 4) is 0 Å². The van der Waals surface area contributed by atoms with Crippen LogP contribution >= 0.6 is 15.9 Å². The third-order valence-corrected chi connectivity index (χ3v) is 4.21. The highest BCUT2D eigenvalue weighted by atomic mass is 79.9. The highest BCUT2D eigenvalue weighted by Gasteiger charge is 2.20. The van der Waals surface area contributed by atoms with Crippen LogP contribution in [0.3, 0.4) is 0 Å². The van der Waals surface area contributed by atoms with Gasteiger partial charge in [0.1, 0.15) is 6.10 Å². The lowest BCUT2D eigenvalue weighted by atomic mass is 9.98. The minimum atomic E-state index is -0.703. The Kier molecular flexibility index (Phi) is 3.36. The summed E-state index contributed by atoms with van der Waals surface area (Å²) in [5, 5.41) is 13.3. The molecular formula is C16H14BrNO2. The summed E-state index contributed by atoms with van der Waals surface area (Å²) in [4.78, 5) is 11.4. The molecule has 0 saturated heterocycles. The zero-order chi connectivity index (χ0) is 14.3. The molecule has 4 heteroatoms. The van der Waals surface area contributed by atoms with E-state index in [0.29, 0.717) is 6.42 Å². The first kappa shape index (κ1) is 13.3. The van der Waals surface area contributed by atoms with Crippen LogP contribution in [-0.2, 0) is 11.2 Å². The monoisotopic (exact) mass is 331 g/mol. The normalized spacial score (nSPS) is 14.8. The lowest BCUT2D eigenvalue weighted by molar-refractivity contribution is -0.115. The van der Waals surface area contributed by atoms with Crippen molar-refractivity contribution in [1.82, 2.24) is 0 Å². The summed E-state index contributed by atoms with van der Waals surface area (Å²) in [5.74, 6) is 0.00292. The average Bonchev–Trinajstić information content (AvgIpc) is 2.77. The smallest absolute Gasteiger partial charge is 0.228 e. The quantitative estimate of drug-likeness (QED) is 0.886. The predicted molar refractivity (Wildman–Crippen MR) is 81.7 cm³/mol. The largest absolute Gasteiger partial charge is 0.384 e. The van der Waals surface area contributed by atoms with Crippen LogP contribution in [0.1, 0.15) is 28.4 Å². The van der Waals surface area contributed by atoms with E-state index >= 15 is 0 Å². The Bertz CT molecular complexity index is 697. The van der Waals surface area contributed by atoms with E-state index in [1.807, 2.05) is 43.3 Å². The summed E-state index contributed by atoms with van der Waals surface area (Å²) < 4.78 is 0.889. The number of rotatable bonds is 2. The van der Waals surface area contributed by atoms with E-state index in [-0.39, 0.29) is 5.91 Å². The summed E-state index contributed by atoms with van der Waals surface area (Å²) >= 11 is 3.49. The Labute approximate surface area is 125 Å². The van der Waals surface area contributed by atoms with Gasteiger partial charge in [0.05, 0.1) is 6.42 Å². The van der Waals surface area contributed by atoms with Crippen LogP contribution in [0.5, 0.6) is 0 Å². The maximum absolute atomic E-state index is 11.4. The van der Waals surface area contributed by atoms with Crippen molar-refractivity contribution in [2.75, 3.05) is 5.32 Å². The molecule has 0 bridgehead atoms. The van der Waals surface area contributed by atoms with Crippen molar-refractivity contribution in [2.24, 2.45) is 0 Å². The molecule has 1 unspecified atom stereocenters. The Hall–Kier alpha value is -1.65. The van der Waals surface area contributed by atoms with Crippen molar-refractivity contribution in [1.29, 1.82) is 0 Å². The molecule has 20 heavy (non-hydrogen) atoms. The van der Waals surface area contributed by atoms with E-state index in [2.05, 4.69) is 21.2 Å². The van der Waals surface area contributed by atoms with Crippen LogP contribution in [-0.4, -0.2) is 11.0 Å². The maximum Gasteiger partial charge on any atom is 0.228 e. The number of benzene rings is 2. The summed E-state index contributed by atoms with van der Waals surface area (Å²) in [5.41, 5.74) is 4.54. The fourth-order valence-electron chi connectivity index (χ4n) is 2.45. The number of aryl methyl sites for hydroxylation is 1. The van der Waals surface area contributed by atoms with E-state index < -0.39 is 6.10 Å². The Morgan fingerprint density at radius 3 is 2.80 bits per heavy atom. The fraction of sp³-hybridized carbons (Fsp3) is 0.188. The van der Waals surface area contributed by atoms with Crippen molar-refractivity contribution in [3.63, 3.8) is 0 Å². The van der Waals surface area contributed by atoms with Crippen LogP contribution in [0, 0.1) is 6.92 Å². The summed E-state index contributed by atoms with van der Waals surface area (Å²) in [6, 6.07) is 11.5. The minimum absolute atomic E-state index is 0.00292. The highest BCUT2D eigenvalue weighted by Crippen LogP contribution is 2.32. The van der Waals surface area contributed by atoms with Gasteiger partial charge in [-0.1, -0.05) is 40.2 Å². The maximum atomic E-state index is 11.4. The van der Waals surface area contributed by atoms with Gasteiger partial charge >= 0.3 is 0 Å². The standard InChI is InChI=1S/C16H14BrNO2/c1-9-2-4-12(13(17)6-9)16(20)10-3-5-14-11(7-10)8-15(19)18-14/h2-7,16,20H,8H2,1H3,(H,18,19). The number of aliphatic hydroxyl groups excluding tert-OH is 1. The van der Waals surface area contributed by atoms with Crippen molar-refractivity contribution in [3.05, 3.63) is 63.1 Å². The van der Waals surface area contributed by atoms with Crippen LogP contribution in [0.15, 0.2) is 40.9 Å².